The number of nitrogens with zero attached hydrogens (tertiary/aromatic N) is 4. The molecule has 9 rings (SSSR count). The normalized spacial score (nSPS) is 11.1. The molecule has 2 N–H and O–H groups in total. The van der Waals surface area contributed by atoms with Gasteiger partial charge in [-0.3, -0.25) is 13.9 Å². The molecule has 0 fully saturated rings. The Morgan fingerprint density at radius 3 is 1.38 bits per heavy atom. The third-order valence-corrected chi connectivity index (χ3v) is 12.1. The summed E-state index contributed by atoms with van der Waals surface area (Å²) in [6.07, 6.45) is -4.82. The van der Waals surface area contributed by atoms with E-state index in [-0.39, 0.29) is 17.1 Å². The van der Waals surface area contributed by atoms with Gasteiger partial charge < -0.3 is 24.6 Å². The van der Waals surface area contributed by atoms with E-state index in [9.17, 15) is 27.9 Å². The first-order valence-corrected chi connectivity index (χ1v) is 23.6. The average molecular weight is 1070 g/mol. The largest absolute Gasteiger partial charge is 0.573 e. The maximum atomic E-state index is 13.3. The molecular weight excluding hydrogens is 1030 g/mol. The minimum Gasteiger partial charge on any atom is -0.489 e. The lowest BCUT2D eigenvalue weighted by Crippen LogP contribution is -2.17. The highest BCUT2D eigenvalue weighted by Gasteiger charge is 2.31. The third kappa shape index (κ3) is 12.8. The number of carboxylic acids is 1. The summed E-state index contributed by atoms with van der Waals surface area (Å²) in [4.78, 5) is 34.0. The predicted molar refractivity (Wildman–Crippen MR) is 277 cm³/mol. The zero-order chi connectivity index (χ0) is 51.8. The minimum atomic E-state index is -4.82. The van der Waals surface area contributed by atoms with E-state index >= 15 is 0 Å². The Hall–Kier alpha value is -7.75. The van der Waals surface area contributed by atoms with E-state index in [0.29, 0.717) is 84.7 Å². The summed E-state index contributed by atoms with van der Waals surface area (Å²) in [5.41, 5.74) is 5.98. The van der Waals surface area contributed by atoms with Gasteiger partial charge in [0, 0.05) is 38.2 Å². The predicted octanol–water partition coefficient (Wildman–Crippen LogP) is 15.3. The fourth-order valence-electron chi connectivity index (χ4n) is 7.55. The molecule has 0 unspecified atom stereocenters. The first-order chi connectivity index (χ1) is 35.0. The number of carboxylic acid groups (broad SMARTS) is 1. The second kappa shape index (κ2) is 22.8. The molecule has 0 aliphatic rings. The lowest BCUT2D eigenvalue weighted by Gasteiger charge is -2.13. The van der Waals surface area contributed by atoms with Crippen LogP contribution in [0, 0.1) is 13.8 Å². The molecule has 0 atom stereocenters. The molecule has 18 heteroatoms. The van der Waals surface area contributed by atoms with Crippen LogP contribution in [0.5, 0.6) is 17.2 Å². The molecule has 0 spiro atoms. The van der Waals surface area contributed by atoms with Gasteiger partial charge in [-0.2, -0.15) is 0 Å². The maximum Gasteiger partial charge on any atom is 0.573 e. The zero-order valence-electron chi connectivity index (χ0n) is 38.5. The van der Waals surface area contributed by atoms with E-state index in [2.05, 4.69) is 20.0 Å². The highest BCUT2D eigenvalue weighted by atomic mass is 35.5. The molecule has 0 aliphatic heterocycles. The van der Waals surface area contributed by atoms with Crippen LogP contribution in [0.1, 0.15) is 43.5 Å². The molecule has 9 aromatic rings. The number of rotatable bonds is 14. The van der Waals surface area contributed by atoms with Gasteiger partial charge >= 0.3 is 12.3 Å². The fourth-order valence-corrected chi connectivity index (χ4v) is 8.54. The van der Waals surface area contributed by atoms with E-state index in [1.54, 1.807) is 59.4 Å². The van der Waals surface area contributed by atoms with Crippen LogP contribution in [0.15, 0.2) is 170 Å². The molecule has 7 aromatic carbocycles. The Morgan fingerprint density at radius 1 is 0.562 bits per heavy atom. The highest BCUT2D eigenvalue weighted by Crippen LogP contribution is 2.36. The topological polar surface area (TPSA) is 130 Å². The number of aromatic nitrogens is 4. The number of nitrogens with one attached hydrogen (secondary N) is 1. The van der Waals surface area contributed by atoms with E-state index < -0.39 is 24.0 Å². The molecule has 0 aliphatic carbocycles. The van der Waals surface area contributed by atoms with Crippen molar-refractivity contribution >= 4 is 64.0 Å². The number of anilines is 1. The van der Waals surface area contributed by atoms with Gasteiger partial charge in [0.05, 0.1) is 21.4 Å². The Morgan fingerprint density at radius 2 is 0.973 bits per heavy atom. The Bertz CT molecular complexity index is 3390. The van der Waals surface area contributed by atoms with Crippen LogP contribution >= 0.6 is 46.4 Å². The lowest BCUT2D eigenvalue weighted by atomic mass is 10.2. The SMILES string of the molecule is Cc1c(C(=O)Nc2ccc(OC(F)(F)F)cc2)nc(-c2ccc(Cl)cc2Cl)n1-c1ccc(OCc2ccccc2)cc1.Cc1c(C(=O)O)nc(-c2ccc(Cl)cc2Cl)n1-c1ccc(OCc2ccccc2)cc1. The highest BCUT2D eigenvalue weighted by molar-refractivity contribution is 6.37. The summed E-state index contributed by atoms with van der Waals surface area (Å²) in [5, 5.41) is 13.9. The molecule has 370 valence electrons. The molecule has 0 saturated carbocycles. The van der Waals surface area contributed by atoms with Crippen molar-refractivity contribution in [1.29, 1.82) is 0 Å². The van der Waals surface area contributed by atoms with E-state index in [1.165, 1.54) is 12.1 Å². The molecule has 11 nitrogen and oxygen atoms in total. The number of aromatic carboxylic acids is 1. The van der Waals surface area contributed by atoms with Gasteiger partial charge in [-0.1, -0.05) is 107 Å². The standard InChI is InChI=1S/C31H22Cl2F3N3O3.C24H18Cl2N2O3/c1-19-28(30(40)37-22-8-12-25(13-9-22)42-31(34,35)36)38-29(26-16-7-21(32)17-27(26)33)39(19)23-10-14-24(15-11-23)41-18-20-5-3-2-4-6-20;1-15-22(24(29)30)27-23(20-12-7-17(25)13-21(20)26)28(15)18-8-10-19(11-9-18)31-14-16-5-3-2-4-6-16/h2-17H,18H2,1H3,(H,37,40);2-13H,14H2,1H3,(H,29,30). The van der Waals surface area contributed by atoms with Crippen LogP contribution in [0.4, 0.5) is 18.9 Å². The van der Waals surface area contributed by atoms with Gasteiger partial charge in [0.15, 0.2) is 11.4 Å². The van der Waals surface area contributed by atoms with E-state index in [1.807, 2.05) is 109 Å². The van der Waals surface area contributed by atoms with Crippen LogP contribution < -0.4 is 19.5 Å². The number of ether oxygens (including phenoxy) is 3. The number of halogens is 7. The number of alkyl halides is 3. The van der Waals surface area contributed by atoms with Crippen molar-refractivity contribution in [2.24, 2.45) is 0 Å². The summed E-state index contributed by atoms with van der Waals surface area (Å²) in [5.74, 6) is 0.102. The Balaban J connectivity index is 0.000000204. The van der Waals surface area contributed by atoms with E-state index in [4.69, 9.17) is 55.9 Å². The third-order valence-electron chi connectivity index (χ3n) is 11.0. The van der Waals surface area contributed by atoms with Gasteiger partial charge in [0.2, 0.25) is 0 Å². The summed E-state index contributed by atoms with van der Waals surface area (Å²) in [7, 11) is 0. The first-order valence-electron chi connectivity index (χ1n) is 22.1. The number of carbonyl (C=O) groups is 2. The van der Waals surface area contributed by atoms with Crippen LogP contribution in [0.3, 0.4) is 0 Å². The molecule has 73 heavy (non-hydrogen) atoms. The Kier molecular flexibility index (Phi) is 16.1. The number of amides is 1. The monoisotopic (exact) mass is 1060 g/mol. The molecular formula is C55H40Cl4F3N5O6. The maximum absolute atomic E-state index is 13.3. The van der Waals surface area contributed by atoms with Crippen molar-refractivity contribution in [3.63, 3.8) is 0 Å². The van der Waals surface area contributed by atoms with Crippen LogP contribution in [0.25, 0.3) is 34.2 Å². The van der Waals surface area contributed by atoms with E-state index in [0.717, 1.165) is 28.9 Å². The Labute approximate surface area is 436 Å². The quantitative estimate of drug-likeness (QED) is 0.110. The van der Waals surface area contributed by atoms with Gasteiger partial charge in [0.25, 0.3) is 5.91 Å². The molecule has 2 aromatic heterocycles. The summed E-state index contributed by atoms with van der Waals surface area (Å²) in [6.45, 7) is 4.31. The second-order valence-electron chi connectivity index (χ2n) is 16.0. The van der Waals surface area contributed by atoms with Crippen LogP contribution in [0.2, 0.25) is 20.1 Å². The first kappa shape index (κ1) is 51.6. The number of carbonyl (C=O) groups excluding carboxylic acids is 1. The van der Waals surface area contributed by atoms with Crippen molar-refractivity contribution in [3.8, 4) is 51.4 Å². The molecule has 0 radical (unpaired) electrons. The minimum absolute atomic E-state index is 0.0366. The number of hydrogen-bond acceptors (Lipinski definition) is 7. The van der Waals surface area contributed by atoms with Gasteiger partial charge in [-0.15, -0.1) is 13.2 Å². The van der Waals surface area contributed by atoms with Crippen molar-refractivity contribution in [2.45, 2.75) is 33.4 Å². The fraction of sp³-hybridized carbons (Fsp3) is 0.0909. The lowest BCUT2D eigenvalue weighted by molar-refractivity contribution is -0.274. The molecule has 1 amide bonds. The van der Waals surface area contributed by atoms with Crippen molar-refractivity contribution in [1.82, 2.24) is 19.1 Å². The van der Waals surface area contributed by atoms with Crippen LogP contribution in [-0.4, -0.2) is 42.4 Å². The zero-order valence-corrected chi connectivity index (χ0v) is 41.5. The van der Waals surface area contributed by atoms with Crippen molar-refractivity contribution < 1.29 is 42.1 Å². The molecule has 0 bridgehead atoms. The van der Waals surface area contributed by atoms with Crippen molar-refractivity contribution in [3.05, 3.63) is 224 Å². The average Bonchev–Trinajstić information content (AvgIpc) is 3.90. The number of hydrogen-bond donors (Lipinski definition) is 2. The summed E-state index contributed by atoms with van der Waals surface area (Å²) < 4.78 is 56.7. The summed E-state index contributed by atoms with van der Waals surface area (Å²) in [6, 6.07) is 49.2. The number of imidazole rings is 2. The molecule has 0 saturated heterocycles. The molecule has 2 heterocycles. The second-order valence-corrected chi connectivity index (χ2v) is 17.7. The van der Waals surface area contributed by atoms with Gasteiger partial charge in [0.1, 0.15) is 42.1 Å². The van der Waals surface area contributed by atoms with Crippen LogP contribution in [-0.2, 0) is 13.2 Å². The summed E-state index contributed by atoms with van der Waals surface area (Å²) >= 11 is 25.0. The number of benzene rings is 7. The van der Waals surface area contributed by atoms with Gasteiger partial charge in [-0.25, -0.2) is 14.8 Å². The van der Waals surface area contributed by atoms with Crippen molar-refractivity contribution in [2.75, 3.05) is 5.32 Å². The smallest absolute Gasteiger partial charge is 0.489 e. The van der Waals surface area contributed by atoms with Gasteiger partial charge in [-0.05, 0) is 134 Å².